The van der Waals surface area contributed by atoms with Crippen molar-refractivity contribution in [3.63, 3.8) is 0 Å². The Morgan fingerprint density at radius 1 is 1.43 bits per heavy atom. The van der Waals surface area contributed by atoms with E-state index in [4.69, 9.17) is 5.11 Å². The van der Waals surface area contributed by atoms with Gasteiger partial charge in [0.1, 0.15) is 12.3 Å². The van der Waals surface area contributed by atoms with Crippen LogP contribution in [0.15, 0.2) is 0 Å². The number of hydrogen-bond donors (Lipinski definition) is 1. The molecule has 0 amide bonds. The summed E-state index contributed by atoms with van der Waals surface area (Å²) in [5, 5.41) is 8.91. The van der Waals surface area contributed by atoms with Crippen LogP contribution < -0.4 is 0 Å². The maximum atomic E-state index is 10.9. The Labute approximate surface area is 83.3 Å². The highest BCUT2D eigenvalue weighted by atomic mass is 16.4. The van der Waals surface area contributed by atoms with Crippen molar-refractivity contribution >= 4 is 12.3 Å². The van der Waals surface area contributed by atoms with Gasteiger partial charge >= 0.3 is 5.97 Å². The second kappa shape index (κ2) is 5.07. The minimum absolute atomic E-state index is 0.0824. The van der Waals surface area contributed by atoms with Gasteiger partial charge in [0.25, 0.3) is 0 Å². The van der Waals surface area contributed by atoms with Crippen LogP contribution in [0.25, 0.3) is 0 Å². The molecule has 0 aromatic carbocycles. The fourth-order valence-electron chi connectivity index (χ4n) is 1.63. The first-order valence-electron chi connectivity index (χ1n) is 4.74. The molecule has 80 valence electrons. The van der Waals surface area contributed by atoms with E-state index in [0.717, 1.165) is 26.2 Å². The van der Waals surface area contributed by atoms with E-state index in [2.05, 4.69) is 4.90 Å². The number of hydrogen-bond acceptors (Lipinski definition) is 4. The minimum atomic E-state index is -0.901. The molecule has 0 aliphatic carbocycles. The monoisotopic (exact) mass is 200 g/mol. The first kappa shape index (κ1) is 11.1. The topological polar surface area (TPSA) is 60.9 Å². The third kappa shape index (κ3) is 2.78. The molecule has 0 saturated carbocycles. The van der Waals surface area contributed by atoms with E-state index in [-0.39, 0.29) is 6.42 Å². The zero-order chi connectivity index (χ0) is 10.6. The van der Waals surface area contributed by atoms with Crippen LogP contribution in [-0.4, -0.2) is 66.4 Å². The molecule has 1 unspecified atom stereocenters. The second-order valence-corrected chi connectivity index (χ2v) is 3.60. The maximum absolute atomic E-state index is 10.9. The predicted octanol–water partition coefficient (Wildman–Crippen LogP) is -0.724. The van der Waals surface area contributed by atoms with Crippen molar-refractivity contribution in [2.24, 2.45) is 0 Å². The number of carboxylic acid groups (broad SMARTS) is 1. The molecule has 0 aromatic rings. The SMILES string of the molecule is CN1CCN(C(CC=O)C(=O)O)CC1. The van der Waals surface area contributed by atoms with Crippen molar-refractivity contribution in [2.45, 2.75) is 12.5 Å². The van der Waals surface area contributed by atoms with Crippen LogP contribution >= 0.6 is 0 Å². The Morgan fingerprint density at radius 2 is 2.00 bits per heavy atom. The Bertz CT molecular complexity index is 212. The molecule has 0 bridgehead atoms. The molecule has 1 heterocycles. The number of aldehydes is 1. The molecule has 1 N–H and O–H groups in total. The number of likely N-dealkylation sites (N-methyl/N-ethyl adjacent to an activating group) is 1. The van der Waals surface area contributed by atoms with Gasteiger partial charge in [0, 0.05) is 32.6 Å². The smallest absolute Gasteiger partial charge is 0.321 e. The summed E-state index contributed by atoms with van der Waals surface area (Å²) >= 11 is 0. The second-order valence-electron chi connectivity index (χ2n) is 3.60. The van der Waals surface area contributed by atoms with Crippen LogP contribution in [-0.2, 0) is 9.59 Å². The fourth-order valence-corrected chi connectivity index (χ4v) is 1.63. The Hall–Kier alpha value is -0.940. The molecule has 0 radical (unpaired) electrons. The largest absolute Gasteiger partial charge is 0.480 e. The summed E-state index contributed by atoms with van der Waals surface area (Å²) < 4.78 is 0. The van der Waals surface area contributed by atoms with Gasteiger partial charge in [-0.2, -0.15) is 0 Å². The number of rotatable bonds is 4. The van der Waals surface area contributed by atoms with Crippen molar-refractivity contribution in [2.75, 3.05) is 33.2 Å². The van der Waals surface area contributed by atoms with Gasteiger partial charge in [-0.25, -0.2) is 0 Å². The van der Waals surface area contributed by atoms with Gasteiger partial charge in [0.15, 0.2) is 0 Å². The number of carboxylic acids is 1. The van der Waals surface area contributed by atoms with Crippen molar-refractivity contribution in [1.29, 1.82) is 0 Å². The predicted molar refractivity (Wildman–Crippen MR) is 51.2 cm³/mol. The first-order valence-corrected chi connectivity index (χ1v) is 4.74. The average Bonchev–Trinajstić information content (AvgIpc) is 2.15. The van der Waals surface area contributed by atoms with Crippen LogP contribution in [0, 0.1) is 0 Å². The number of piperazine rings is 1. The lowest BCUT2D eigenvalue weighted by Crippen LogP contribution is -2.51. The lowest BCUT2D eigenvalue weighted by atomic mass is 10.1. The van der Waals surface area contributed by atoms with Crippen LogP contribution in [0.1, 0.15) is 6.42 Å². The molecule has 1 aliphatic heterocycles. The molecule has 1 aliphatic rings. The molecule has 5 nitrogen and oxygen atoms in total. The summed E-state index contributed by atoms with van der Waals surface area (Å²) in [6.45, 7) is 3.17. The molecule has 14 heavy (non-hydrogen) atoms. The van der Waals surface area contributed by atoms with Gasteiger partial charge < -0.3 is 14.8 Å². The lowest BCUT2D eigenvalue weighted by molar-refractivity contribution is -0.145. The number of carbonyl (C=O) groups excluding carboxylic acids is 1. The van der Waals surface area contributed by atoms with Crippen LogP contribution in [0.5, 0.6) is 0 Å². The highest BCUT2D eigenvalue weighted by Gasteiger charge is 2.27. The Morgan fingerprint density at radius 3 is 2.43 bits per heavy atom. The van der Waals surface area contributed by atoms with Crippen molar-refractivity contribution < 1.29 is 14.7 Å². The zero-order valence-electron chi connectivity index (χ0n) is 8.35. The summed E-state index contributed by atoms with van der Waals surface area (Å²) in [4.78, 5) is 25.2. The third-order valence-electron chi connectivity index (χ3n) is 2.58. The van der Waals surface area contributed by atoms with E-state index < -0.39 is 12.0 Å². The van der Waals surface area contributed by atoms with Crippen LogP contribution in [0.2, 0.25) is 0 Å². The standard InChI is InChI=1S/C9H16N2O3/c1-10-3-5-11(6-4-10)8(2-7-12)9(13)14/h7-8H,2-6H2,1H3,(H,13,14). The molecule has 1 fully saturated rings. The number of carbonyl (C=O) groups is 2. The summed E-state index contributed by atoms with van der Waals surface area (Å²) in [5.74, 6) is -0.901. The van der Waals surface area contributed by atoms with Gasteiger partial charge in [-0.05, 0) is 7.05 Å². The van der Waals surface area contributed by atoms with E-state index in [0.29, 0.717) is 6.29 Å². The fraction of sp³-hybridized carbons (Fsp3) is 0.778. The molecule has 0 aromatic heterocycles. The third-order valence-corrected chi connectivity index (χ3v) is 2.58. The normalized spacial score (nSPS) is 21.8. The van der Waals surface area contributed by atoms with E-state index >= 15 is 0 Å². The van der Waals surface area contributed by atoms with E-state index in [9.17, 15) is 9.59 Å². The number of aliphatic carboxylic acids is 1. The molecule has 5 heteroatoms. The van der Waals surface area contributed by atoms with Crippen molar-refractivity contribution in [1.82, 2.24) is 9.80 Å². The van der Waals surface area contributed by atoms with Gasteiger partial charge in [-0.1, -0.05) is 0 Å². The van der Waals surface area contributed by atoms with Crippen molar-refractivity contribution in [3.8, 4) is 0 Å². The van der Waals surface area contributed by atoms with E-state index in [1.165, 1.54) is 0 Å². The molecule has 1 saturated heterocycles. The summed E-state index contributed by atoms with van der Waals surface area (Å²) in [6, 6.07) is -0.638. The molecule has 1 rings (SSSR count). The van der Waals surface area contributed by atoms with Gasteiger partial charge in [-0.15, -0.1) is 0 Å². The molecule has 0 spiro atoms. The number of nitrogens with zero attached hydrogens (tertiary/aromatic N) is 2. The summed E-state index contributed by atoms with van der Waals surface area (Å²) in [5.41, 5.74) is 0. The molecule has 1 atom stereocenters. The van der Waals surface area contributed by atoms with Crippen molar-refractivity contribution in [3.05, 3.63) is 0 Å². The molecular weight excluding hydrogens is 184 g/mol. The van der Waals surface area contributed by atoms with Gasteiger partial charge in [-0.3, -0.25) is 9.69 Å². The Balaban J connectivity index is 2.51. The summed E-state index contributed by atoms with van der Waals surface area (Å²) in [7, 11) is 2.01. The average molecular weight is 200 g/mol. The van der Waals surface area contributed by atoms with Crippen LogP contribution in [0.4, 0.5) is 0 Å². The minimum Gasteiger partial charge on any atom is -0.480 e. The van der Waals surface area contributed by atoms with E-state index in [1.807, 2.05) is 11.9 Å². The lowest BCUT2D eigenvalue weighted by Gasteiger charge is -2.35. The molecular formula is C9H16N2O3. The van der Waals surface area contributed by atoms with Gasteiger partial charge in [0.05, 0.1) is 0 Å². The van der Waals surface area contributed by atoms with Crippen LogP contribution in [0.3, 0.4) is 0 Å². The van der Waals surface area contributed by atoms with Gasteiger partial charge in [0.2, 0.25) is 0 Å². The highest BCUT2D eigenvalue weighted by molar-refractivity contribution is 5.76. The highest BCUT2D eigenvalue weighted by Crippen LogP contribution is 2.07. The zero-order valence-corrected chi connectivity index (χ0v) is 8.35. The Kier molecular flexibility index (Phi) is 4.03. The quantitative estimate of drug-likeness (QED) is 0.607. The maximum Gasteiger partial charge on any atom is 0.321 e. The van der Waals surface area contributed by atoms with E-state index in [1.54, 1.807) is 0 Å². The first-order chi connectivity index (χ1) is 6.65. The summed E-state index contributed by atoms with van der Waals surface area (Å²) in [6.07, 6.45) is 0.760.